The Labute approximate surface area is 117 Å². The van der Waals surface area contributed by atoms with Gasteiger partial charge in [0.25, 0.3) is 0 Å². The van der Waals surface area contributed by atoms with Crippen molar-refractivity contribution in [1.29, 1.82) is 0 Å². The smallest absolute Gasteiger partial charge is 0.158 e. The van der Waals surface area contributed by atoms with Crippen molar-refractivity contribution in [3.63, 3.8) is 0 Å². The van der Waals surface area contributed by atoms with E-state index in [1.165, 1.54) is 5.56 Å². The largest absolute Gasteiger partial charge is 0.388 e. The Hall–Kier alpha value is -1.73. The van der Waals surface area contributed by atoms with Crippen molar-refractivity contribution >= 4 is 0 Å². The molecule has 20 heavy (non-hydrogen) atoms. The highest BCUT2D eigenvalue weighted by Gasteiger charge is 2.20. The number of rotatable bonds is 3. The minimum atomic E-state index is -0.0587. The molecule has 0 unspecified atom stereocenters. The number of aryl methyl sites for hydroxylation is 2. The van der Waals surface area contributed by atoms with Gasteiger partial charge in [0.2, 0.25) is 0 Å². The van der Waals surface area contributed by atoms with E-state index in [0.717, 1.165) is 49.9 Å². The van der Waals surface area contributed by atoms with Gasteiger partial charge in [-0.15, -0.1) is 10.2 Å². The summed E-state index contributed by atoms with van der Waals surface area (Å²) >= 11 is 0. The van der Waals surface area contributed by atoms with Gasteiger partial charge in [-0.25, -0.2) is 0 Å². The quantitative estimate of drug-likeness (QED) is 0.876. The highest BCUT2D eigenvalue weighted by atomic mass is 16.5. The van der Waals surface area contributed by atoms with Crippen molar-refractivity contribution in [2.45, 2.75) is 40.0 Å². The fraction of sp³-hybridized carbons (Fsp3) is 0.615. The number of aliphatic hydroxyl groups is 1. The molecule has 7 nitrogen and oxygen atoms in total. The molecule has 2 aromatic rings. The Morgan fingerprint density at radius 2 is 2.05 bits per heavy atom. The molecule has 3 heterocycles. The maximum absolute atomic E-state index is 9.26. The summed E-state index contributed by atoms with van der Waals surface area (Å²) in [6.45, 7) is 7.34. The third-order valence-corrected chi connectivity index (χ3v) is 3.90. The molecule has 7 heteroatoms. The van der Waals surface area contributed by atoms with Crippen LogP contribution in [0.5, 0.6) is 0 Å². The van der Waals surface area contributed by atoms with Crippen LogP contribution in [-0.2, 0) is 26.1 Å². The third-order valence-electron chi connectivity index (χ3n) is 3.90. The van der Waals surface area contributed by atoms with Gasteiger partial charge in [-0.2, -0.15) is 0 Å². The number of aromatic nitrogens is 4. The molecule has 1 aliphatic heterocycles. The Kier molecular flexibility index (Phi) is 3.54. The molecule has 0 atom stereocenters. The number of hydrogen-bond donors (Lipinski definition) is 1. The van der Waals surface area contributed by atoms with Gasteiger partial charge in [0.15, 0.2) is 5.82 Å². The zero-order chi connectivity index (χ0) is 14.1. The Morgan fingerprint density at radius 3 is 2.75 bits per heavy atom. The fourth-order valence-corrected chi connectivity index (χ4v) is 2.65. The van der Waals surface area contributed by atoms with E-state index in [1.54, 1.807) is 0 Å². The number of fused-ring (bicyclic) bond motifs is 1. The topological polar surface area (TPSA) is 80.2 Å². The fourth-order valence-electron chi connectivity index (χ4n) is 2.65. The van der Waals surface area contributed by atoms with E-state index in [1.807, 2.05) is 18.4 Å². The normalized spacial score (nSPS) is 16.1. The highest BCUT2D eigenvalue weighted by molar-refractivity contribution is 5.20. The van der Waals surface area contributed by atoms with E-state index in [0.29, 0.717) is 5.82 Å². The SMILES string of the molecule is Cc1noc(C)c1CN1CCc2nnc(CO)n2CC1. The minimum Gasteiger partial charge on any atom is -0.388 e. The maximum atomic E-state index is 9.26. The molecule has 0 saturated heterocycles. The first kappa shape index (κ1) is 13.3. The van der Waals surface area contributed by atoms with Crippen LogP contribution in [0.1, 0.15) is 28.7 Å². The molecule has 108 valence electrons. The maximum Gasteiger partial charge on any atom is 0.158 e. The van der Waals surface area contributed by atoms with Crippen molar-refractivity contribution < 1.29 is 9.63 Å². The summed E-state index contributed by atoms with van der Waals surface area (Å²) in [5.41, 5.74) is 2.13. The Bertz CT molecular complexity index is 584. The molecule has 1 N–H and O–H groups in total. The molecular weight excluding hydrogens is 258 g/mol. The van der Waals surface area contributed by atoms with E-state index in [9.17, 15) is 5.11 Å². The molecule has 0 fully saturated rings. The van der Waals surface area contributed by atoms with E-state index >= 15 is 0 Å². The Morgan fingerprint density at radius 1 is 1.20 bits per heavy atom. The van der Waals surface area contributed by atoms with Gasteiger partial charge >= 0.3 is 0 Å². The van der Waals surface area contributed by atoms with E-state index in [2.05, 4.69) is 20.3 Å². The zero-order valence-corrected chi connectivity index (χ0v) is 11.8. The second-order valence-corrected chi connectivity index (χ2v) is 5.17. The average molecular weight is 277 g/mol. The molecule has 0 aliphatic carbocycles. The lowest BCUT2D eigenvalue weighted by Crippen LogP contribution is -2.27. The molecule has 2 aromatic heterocycles. The zero-order valence-electron chi connectivity index (χ0n) is 11.8. The molecule has 0 spiro atoms. The van der Waals surface area contributed by atoms with Crippen molar-refractivity contribution in [2.24, 2.45) is 0 Å². The van der Waals surface area contributed by atoms with Gasteiger partial charge in [-0.3, -0.25) is 4.90 Å². The standard InChI is InChI=1S/C13H19N5O2/c1-9-11(10(2)20-16-9)7-17-4-3-12-14-15-13(8-19)18(12)6-5-17/h19H,3-8H2,1-2H3. The first-order chi connectivity index (χ1) is 9.69. The lowest BCUT2D eigenvalue weighted by Gasteiger charge is -2.19. The first-order valence-corrected chi connectivity index (χ1v) is 6.85. The van der Waals surface area contributed by atoms with Crippen molar-refractivity contribution in [3.8, 4) is 0 Å². The van der Waals surface area contributed by atoms with Crippen LogP contribution in [0.25, 0.3) is 0 Å². The molecule has 0 radical (unpaired) electrons. The second kappa shape index (κ2) is 5.34. The van der Waals surface area contributed by atoms with Gasteiger partial charge in [0.05, 0.1) is 5.69 Å². The summed E-state index contributed by atoms with van der Waals surface area (Å²) < 4.78 is 7.24. The second-order valence-electron chi connectivity index (χ2n) is 5.17. The van der Waals surface area contributed by atoms with Crippen LogP contribution in [0.15, 0.2) is 4.52 Å². The van der Waals surface area contributed by atoms with Gasteiger partial charge in [-0.1, -0.05) is 5.16 Å². The number of aliphatic hydroxyl groups excluding tert-OH is 1. The molecule has 1 aliphatic rings. The van der Waals surface area contributed by atoms with Crippen LogP contribution in [-0.4, -0.2) is 43.0 Å². The molecule has 0 bridgehead atoms. The molecule has 0 aromatic carbocycles. The number of nitrogens with zero attached hydrogens (tertiary/aromatic N) is 5. The third kappa shape index (κ3) is 2.34. The molecule has 3 rings (SSSR count). The van der Waals surface area contributed by atoms with Gasteiger partial charge < -0.3 is 14.2 Å². The number of hydrogen-bond acceptors (Lipinski definition) is 6. The van der Waals surface area contributed by atoms with E-state index in [-0.39, 0.29) is 6.61 Å². The molecule has 0 saturated carbocycles. The van der Waals surface area contributed by atoms with Crippen molar-refractivity contribution in [2.75, 3.05) is 13.1 Å². The van der Waals surface area contributed by atoms with Gasteiger partial charge in [0.1, 0.15) is 18.2 Å². The lowest BCUT2D eigenvalue weighted by atomic mass is 10.2. The minimum absolute atomic E-state index is 0.0587. The van der Waals surface area contributed by atoms with Crippen LogP contribution < -0.4 is 0 Å². The predicted molar refractivity (Wildman–Crippen MR) is 70.9 cm³/mol. The van der Waals surface area contributed by atoms with Gasteiger partial charge in [-0.05, 0) is 13.8 Å². The highest BCUT2D eigenvalue weighted by Crippen LogP contribution is 2.17. The monoisotopic (exact) mass is 277 g/mol. The summed E-state index contributed by atoms with van der Waals surface area (Å²) in [6, 6.07) is 0. The first-order valence-electron chi connectivity index (χ1n) is 6.85. The predicted octanol–water partition coefficient (Wildman–Crippen LogP) is 0.434. The summed E-state index contributed by atoms with van der Waals surface area (Å²) in [6.07, 6.45) is 0.844. The van der Waals surface area contributed by atoms with Crippen LogP contribution >= 0.6 is 0 Å². The van der Waals surface area contributed by atoms with Crippen molar-refractivity contribution in [3.05, 3.63) is 28.7 Å². The summed E-state index contributed by atoms with van der Waals surface area (Å²) in [4.78, 5) is 2.36. The van der Waals surface area contributed by atoms with E-state index < -0.39 is 0 Å². The van der Waals surface area contributed by atoms with Crippen LogP contribution in [0.4, 0.5) is 0 Å². The van der Waals surface area contributed by atoms with Crippen LogP contribution in [0.2, 0.25) is 0 Å². The molecule has 0 amide bonds. The van der Waals surface area contributed by atoms with E-state index in [4.69, 9.17) is 4.52 Å². The average Bonchev–Trinajstić information content (AvgIpc) is 2.91. The summed E-state index contributed by atoms with van der Waals surface area (Å²) in [5, 5.41) is 21.4. The lowest BCUT2D eigenvalue weighted by molar-refractivity contribution is 0.251. The van der Waals surface area contributed by atoms with Crippen LogP contribution in [0.3, 0.4) is 0 Å². The molecular formula is C13H19N5O2. The summed E-state index contributed by atoms with van der Waals surface area (Å²) in [7, 11) is 0. The Balaban J connectivity index is 1.72. The van der Waals surface area contributed by atoms with Gasteiger partial charge in [0, 0.05) is 38.2 Å². The summed E-state index contributed by atoms with van der Waals surface area (Å²) in [5.74, 6) is 2.50. The van der Waals surface area contributed by atoms with Crippen molar-refractivity contribution in [1.82, 2.24) is 24.8 Å². The van der Waals surface area contributed by atoms with Crippen LogP contribution in [0, 0.1) is 13.8 Å².